The van der Waals surface area contributed by atoms with Crippen molar-refractivity contribution in [3.63, 3.8) is 0 Å². The van der Waals surface area contributed by atoms with Crippen molar-refractivity contribution in [1.82, 2.24) is 24.6 Å². The van der Waals surface area contributed by atoms with Crippen LogP contribution in [0.4, 0.5) is 0 Å². The first-order valence-electron chi connectivity index (χ1n) is 11.3. The average Bonchev–Trinajstić information content (AvgIpc) is 3.47. The minimum atomic E-state index is -0.368. The summed E-state index contributed by atoms with van der Waals surface area (Å²) < 4.78 is 8.34. The molecule has 0 bridgehead atoms. The van der Waals surface area contributed by atoms with Gasteiger partial charge in [-0.05, 0) is 49.8 Å². The molecule has 1 atom stereocenters. The molecule has 1 aliphatic carbocycles. The maximum Gasteiger partial charge on any atom is 0.226 e. The first kappa shape index (κ1) is 18.8. The third-order valence-corrected chi connectivity index (χ3v) is 7.21. The molecular weight excluding hydrogens is 390 g/mol. The number of fused-ring (bicyclic) bond motifs is 3. The first-order valence-corrected chi connectivity index (χ1v) is 11.3. The maximum absolute atomic E-state index is 13.2. The number of likely N-dealkylation sites (tertiary alicyclic amines) is 1. The predicted molar refractivity (Wildman–Crippen MR) is 115 cm³/mol. The highest BCUT2D eigenvalue weighted by Gasteiger charge is 2.45. The molecule has 1 spiro atoms. The SMILES string of the molecule is O=C(C1CCc2nc[nH]c2C1)N1CCC2(CC1)OCCc1cn(-c3ccccc3)nc12. The summed E-state index contributed by atoms with van der Waals surface area (Å²) >= 11 is 0. The highest BCUT2D eigenvalue weighted by atomic mass is 16.5. The molecule has 2 aromatic heterocycles. The van der Waals surface area contributed by atoms with E-state index in [1.807, 2.05) is 27.8 Å². The van der Waals surface area contributed by atoms with Gasteiger partial charge in [0.2, 0.25) is 5.91 Å². The number of carbonyl (C=O) groups is 1. The Labute approximate surface area is 181 Å². The number of benzene rings is 1. The van der Waals surface area contributed by atoms with Crippen molar-refractivity contribution in [2.45, 2.75) is 44.1 Å². The molecule has 160 valence electrons. The lowest BCUT2D eigenvalue weighted by molar-refractivity contribution is -0.145. The Balaban J connectivity index is 1.19. The number of hydrogen-bond acceptors (Lipinski definition) is 4. The quantitative estimate of drug-likeness (QED) is 0.696. The molecule has 2 aliphatic heterocycles. The third-order valence-electron chi connectivity index (χ3n) is 7.21. The Morgan fingerprint density at radius 1 is 1.16 bits per heavy atom. The van der Waals surface area contributed by atoms with Crippen molar-refractivity contribution >= 4 is 5.91 Å². The van der Waals surface area contributed by atoms with Crippen molar-refractivity contribution in [2.24, 2.45) is 5.92 Å². The van der Waals surface area contributed by atoms with Crippen molar-refractivity contribution in [3.05, 3.63) is 65.5 Å². The molecule has 7 nitrogen and oxygen atoms in total. The summed E-state index contributed by atoms with van der Waals surface area (Å²) in [7, 11) is 0. The molecule has 1 unspecified atom stereocenters. The fourth-order valence-electron chi connectivity index (χ4n) is 5.45. The minimum Gasteiger partial charge on any atom is -0.368 e. The minimum absolute atomic E-state index is 0.0575. The molecule has 3 aromatic rings. The van der Waals surface area contributed by atoms with E-state index in [2.05, 4.69) is 28.3 Å². The van der Waals surface area contributed by atoms with E-state index >= 15 is 0 Å². The van der Waals surface area contributed by atoms with Gasteiger partial charge in [0.25, 0.3) is 0 Å². The van der Waals surface area contributed by atoms with Crippen LogP contribution in [0.2, 0.25) is 0 Å². The number of carbonyl (C=O) groups excluding carboxylic acids is 1. The van der Waals surface area contributed by atoms with E-state index < -0.39 is 0 Å². The number of amides is 1. The van der Waals surface area contributed by atoms with Crippen LogP contribution in [0, 0.1) is 5.92 Å². The van der Waals surface area contributed by atoms with Crippen LogP contribution in [0.5, 0.6) is 0 Å². The fourth-order valence-corrected chi connectivity index (χ4v) is 5.45. The second-order valence-electron chi connectivity index (χ2n) is 8.97. The van der Waals surface area contributed by atoms with E-state index in [1.54, 1.807) is 6.33 Å². The Morgan fingerprint density at radius 2 is 2.00 bits per heavy atom. The maximum atomic E-state index is 13.2. The summed E-state index contributed by atoms with van der Waals surface area (Å²) in [6, 6.07) is 10.2. The molecule has 1 aromatic carbocycles. The number of rotatable bonds is 2. The first-order chi connectivity index (χ1) is 15.2. The van der Waals surface area contributed by atoms with Crippen LogP contribution in [-0.4, -0.2) is 50.3 Å². The number of aromatic nitrogens is 4. The van der Waals surface area contributed by atoms with Crippen molar-refractivity contribution in [2.75, 3.05) is 19.7 Å². The third kappa shape index (κ3) is 3.19. The topological polar surface area (TPSA) is 76.0 Å². The van der Waals surface area contributed by atoms with Crippen molar-refractivity contribution < 1.29 is 9.53 Å². The van der Waals surface area contributed by atoms with E-state index in [1.165, 1.54) is 5.56 Å². The predicted octanol–water partition coefficient (Wildman–Crippen LogP) is 2.79. The van der Waals surface area contributed by atoms with Gasteiger partial charge < -0.3 is 14.6 Å². The van der Waals surface area contributed by atoms with Crippen LogP contribution in [0.15, 0.2) is 42.9 Å². The number of nitrogens with zero attached hydrogens (tertiary/aromatic N) is 4. The summed E-state index contributed by atoms with van der Waals surface area (Å²) in [5, 5.41) is 4.95. The molecule has 1 N–H and O–H groups in total. The number of nitrogens with one attached hydrogen (secondary N) is 1. The number of imidazole rings is 1. The average molecular weight is 418 g/mol. The number of piperidine rings is 1. The molecule has 4 heterocycles. The van der Waals surface area contributed by atoms with Gasteiger partial charge in [0.05, 0.1) is 30.0 Å². The van der Waals surface area contributed by atoms with Crippen LogP contribution < -0.4 is 0 Å². The summed E-state index contributed by atoms with van der Waals surface area (Å²) in [4.78, 5) is 22.8. The molecule has 0 saturated carbocycles. The standard InChI is InChI=1S/C24H27N5O2/c30-23(17-6-7-20-21(14-17)26-16-25-20)28-11-9-24(10-12-28)22-18(8-13-31-24)15-29(27-22)19-4-2-1-3-5-19/h1-5,15-17H,6-14H2,(H,25,26). The molecule has 0 radical (unpaired) electrons. The van der Waals surface area contributed by atoms with Crippen LogP contribution in [-0.2, 0) is 34.4 Å². The van der Waals surface area contributed by atoms with Crippen LogP contribution in [0.25, 0.3) is 5.69 Å². The van der Waals surface area contributed by atoms with Gasteiger partial charge in [0.15, 0.2) is 0 Å². The highest BCUT2D eigenvalue weighted by molar-refractivity contribution is 5.79. The molecule has 1 saturated heterocycles. The lowest BCUT2D eigenvalue weighted by atomic mass is 9.82. The summed E-state index contributed by atoms with van der Waals surface area (Å²) in [6.07, 6.45) is 8.94. The van der Waals surface area contributed by atoms with E-state index in [-0.39, 0.29) is 17.4 Å². The second-order valence-corrected chi connectivity index (χ2v) is 8.97. The zero-order chi connectivity index (χ0) is 20.8. The molecule has 6 rings (SSSR count). The van der Waals surface area contributed by atoms with Crippen LogP contribution in [0.1, 0.15) is 41.9 Å². The second kappa shape index (κ2) is 7.34. The van der Waals surface area contributed by atoms with E-state index in [0.717, 1.165) is 74.4 Å². The van der Waals surface area contributed by atoms with Gasteiger partial charge in [-0.25, -0.2) is 9.67 Å². The van der Waals surface area contributed by atoms with Crippen molar-refractivity contribution in [1.29, 1.82) is 0 Å². The number of hydrogen-bond donors (Lipinski definition) is 1. The Kier molecular flexibility index (Phi) is 4.45. The van der Waals surface area contributed by atoms with Gasteiger partial charge in [-0.3, -0.25) is 4.79 Å². The zero-order valence-electron chi connectivity index (χ0n) is 17.6. The highest BCUT2D eigenvalue weighted by Crippen LogP contribution is 2.41. The van der Waals surface area contributed by atoms with Gasteiger partial charge in [-0.2, -0.15) is 5.10 Å². The number of H-pyrrole nitrogens is 1. The summed E-state index contributed by atoms with van der Waals surface area (Å²) in [5.74, 6) is 0.336. The molecule has 31 heavy (non-hydrogen) atoms. The zero-order valence-corrected chi connectivity index (χ0v) is 17.6. The fraction of sp³-hybridized carbons (Fsp3) is 0.458. The summed E-state index contributed by atoms with van der Waals surface area (Å²) in [6.45, 7) is 2.16. The van der Waals surface area contributed by atoms with Crippen LogP contribution >= 0.6 is 0 Å². The monoisotopic (exact) mass is 417 g/mol. The lowest BCUT2D eigenvalue weighted by Crippen LogP contribution is -2.50. The number of aryl methyl sites for hydroxylation is 1. The van der Waals surface area contributed by atoms with Gasteiger partial charge in [0.1, 0.15) is 5.60 Å². The van der Waals surface area contributed by atoms with Gasteiger partial charge in [-0.15, -0.1) is 0 Å². The Morgan fingerprint density at radius 3 is 2.84 bits per heavy atom. The molecule has 1 fully saturated rings. The Hall–Kier alpha value is -2.93. The molecule has 7 heteroatoms. The lowest BCUT2D eigenvalue weighted by Gasteiger charge is -2.43. The van der Waals surface area contributed by atoms with Crippen LogP contribution in [0.3, 0.4) is 0 Å². The molecule has 3 aliphatic rings. The smallest absolute Gasteiger partial charge is 0.226 e. The largest absolute Gasteiger partial charge is 0.368 e. The van der Waals surface area contributed by atoms with Gasteiger partial charge in [0, 0.05) is 37.3 Å². The molecular formula is C24H27N5O2. The number of ether oxygens (including phenoxy) is 1. The van der Waals surface area contributed by atoms with E-state index in [4.69, 9.17) is 9.84 Å². The summed E-state index contributed by atoms with van der Waals surface area (Å²) in [5.41, 5.74) is 5.29. The number of para-hydroxylation sites is 1. The normalized spacial score (nSPS) is 22.2. The van der Waals surface area contributed by atoms with Gasteiger partial charge in [-0.1, -0.05) is 18.2 Å². The van der Waals surface area contributed by atoms with Crippen molar-refractivity contribution in [3.8, 4) is 5.69 Å². The van der Waals surface area contributed by atoms with E-state index in [0.29, 0.717) is 6.61 Å². The molecule has 1 amide bonds. The Bertz CT molecular complexity index is 1090. The van der Waals surface area contributed by atoms with E-state index in [9.17, 15) is 4.79 Å². The number of aromatic amines is 1. The van der Waals surface area contributed by atoms with Gasteiger partial charge >= 0.3 is 0 Å².